The van der Waals surface area contributed by atoms with Crippen LogP contribution in [0.2, 0.25) is 0 Å². The van der Waals surface area contributed by atoms with E-state index in [4.69, 9.17) is 14.6 Å². The summed E-state index contributed by atoms with van der Waals surface area (Å²) >= 11 is 0. The van der Waals surface area contributed by atoms with Gasteiger partial charge in [0, 0.05) is 6.61 Å². The minimum absolute atomic E-state index is 0.110. The highest BCUT2D eigenvalue weighted by atomic mass is 16.6. The van der Waals surface area contributed by atoms with Gasteiger partial charge in [-0.15, -0.1) is 0 Å². The first kappa shape index (κ1) is 8.97. The van der Waals surface area contributed by atoms with E-state index >= 15 is 0 Å². The smallest absolute Gasteiger partial charge is 0.154 e. The maximum Gasteiger partial charge on any atom is 0.154 e. The van der Waals surface area contributed by atoms with Gasteiger partial charge >= 0.3 is 0 Å². The number of aliphatic hydroxyl groups is 1. The zero-order valence-corrected chi connectivity index (χ0v) is 6.95. The predicted molar refractivity (Wildman–Crippen MR) is 41.2 cm³/mol. The monoisotopic (exact) mass is 160 g/mol. The minimum atomic E-state index is -0.610. The number of rotatable bonds is 3. The SMILES string of the molecule is CCC(O)OC1CCCOC1. The van der Waals surface area contributed by atoms with Crippen molar-refractivity contribution in [2.45, 2.75) is 38.6 Å². The van der Waals surface area contributed by atoms with Crippen LogP contribution in [-0.2, 0) is 9.47 Å². The molecule has 2 unspecified atom stereocenters. The van der Waals surface area contributed by atoms with Gasteiger partial charge in [0.25, 0.3) is 0 Å². The lowest BCUT2D eigenvalue weighted by molar-refractivity contribution is -0.165. The molecule has 1 aliphatic rings. The molecule has 1 rings (SSSR count). The van der Waals surface area contributed by atoms with E-state index in [9.17, 15) is 0 Å². The van der Waals surface area contributed by atoms with Crippen LogP contribution in [0.25, 0.3) is 0 Å². The quantitative estimate of drug-likeness (QED) is 0.624. The van der Waals surface area contributed by atoms with Crippen molar-refractivity contribution in [2.24, 2.45) is 0 Å². The first-order chi connectivity index (χ1) is 5.33. The third-order valence-corrected chi connectivity index (χ3v) is 1.82. The van der Waals surface area contributed by atoms with E-state index in [-0.39, 0.29) is 6.10 Å². The maximum atomic E-state index is 9.13. The van der Waals surface area contributed by atoms with E-state index in [1.165, 1.54) is 0 Å². The second kappa shape index (κ2) is 4.70. The normalized spacial score (nSPS) is 28.4. The summed E-state index contributed by atoms with van der Waals surface area (Å²) in [5, 5.41) is 9.13. The van der Waals surface area contributed by atoms with E-state index in [0.717, 1.165) is 19.4 Å². The van der Waals surface area contributed by atoms with Crippen molar-refractivity contribution in [1.29, 1.82) is 0 Å². The second-order valence-electron chi connectivity index (χ2n) is 2.84. The van der Waals surface area contributed by atoms with Gasteiger partial charge in [0.1, 0.15) is 0 Å². The van der Waals surface area contributed by atoms with Crippen molar-refractivity contribution < 1.29 is 14.6 Å². The van der Waals surface area contributed by atoms with E-state index in [2.05, 4.69) is 0 Å². The molecule has 1 N–H and O–H groups in total. The molecule has 66 valence electrons. The predicted octanol–water partition coefficient (Wildman–Crippen LogP) is 0.910. The molecule has 1 heterocycles. The molecule has 0 amide bonds. The molecule has 3 heteroatoms. The fourth-order valence-electron chi connectivity index (χ4n) is 1.14. The van der Waals surface area contributed by atoms with Gasteiger partial charge in [0.2, 0.25) is 0 Å². The molecule has 0 aromatic heterocycles. The van der Waals surface area contributed by atoms with Crippen LogP contribution in [-0.4, -0.2) is 30.7 Å². The van der Waals surface area contributed by atoms with E-state index in [0.29, 0.717) is 13.0 Å². The Labute approximate surface area is 67.3 Å². The molecule has 1 fully saturated rings. The summed E-state index contributed by atoms with van der Waals surface area (Å²) in [5.74, 6) is 0. The molecule has 0 spiro atoms. The Morgan fingerprint density at radius 1 is 1.73 bits per heavy atom. The van der Waals surface area contributed by atoms with Crippen LogP contribution in [0.5, 0.6) is 0 Å². The summed E-state index contributed by atoms with van der Waals surface area (Å²) in [4.78, 5) is 0. The highest BCUT2D eigenvalue weighted by Gasteiger charge is 2.16. The zero-order valence-electron chi connectivity index (χ0n) is 6.95. The van der Waals surface area contributed by atoms with E-state index in [1.807, 2.05) is 6.92 Å². The molecule has 0 aliphatic carbocycles. The highest BCUT2D eigenvalue weighted by Crippen LogP contribution is 2.11. The summed E-state index contributed by atoms with van der Waals surface area (Å²) in [7, 11) is 0. The van der Waals surface area contributed by atoms with Gasteiger partial charge < -0.3 is 14.6 Å². The molecule has 3 nitrogen and oxygen atoms in total. The zero-order chi connectivity index (χ0) is 8.10. The van der Waals surface area contributed by atoms with E-state index < -0.39 is 6.29 Å². The Morgan fingerprint density at radius 2 is 2.55 bits per heavy atom. The number of aliphatic hydroxyl groups excluding tert-OH is 1. The van der Waals surface area contributed by atoms with Crippen molar-refractivity contribution in [1.82, 2.24) is 0 Å². The van der Waals surface area contributed by atoms with Crippen molar-refractivity contribution in [2.75, 3.05) is 13.2 Å². The fraction of sp³-hybridized carbons (Fsp3) is 1.00. The average molecular weight is 160 g/mol. The van der Waals surface area contributed by atoms with Gasteiger partial charge in [0.05, 0.1) is 12.7 Å². The Morgan fingerprint density at radius 3 is 3.09 bits per heavy atom. The van der Waals surface area contributed by atoms with Crippen LogP contribution in [0.1, 0.15) is 26.2 Å². The standard InChI is InChI=1S/C8H16O3/c1-2-8(9)11-7-4-3-5-10-6-7/h7-9H,2-6H2,1H3. The Hall–Kier alpha value is -0.120. The Bertz CT molecular complexity index is 99.5. The number of hydrogen-bond acceptors (Lipinski definition) is 3. The van der Waals surface area contributed by atoms with Crippen LogP contribution < -0.4 is 0 Å². The van der Waals surface area contributed by atoms with Gasteiger partial charge in [-0.05, 0) is 19.3 Å². The number of hydrogen-bond donors (Lipinski definition) is 1. The number of ether oxygens (including phenoxy) is 2. The summed E-state index contributed by atoms with van der Waals surface area (Å²) in [6.45, 7) is 3.37. The van der Waals surface area contributed by atoms with Crippen LogP contribution in [0, 0.1) is 0 Å². The van der Waals surface area contributed by atoms with Crippen molar-refractivity contribution >= 4 is 0 Å². The maximum absolute atomic E-state index is 9.13. The van der Waals surface area contributed by atoms with Crippen LogP contribution in [0.4, 0.5) is 0 Å². The van der Waals surface area contributed by atoms with Gasteiger partial charge in [-0.1, -0.05) is 6.92 Å². The van der Waals surface area contributed by atoms with Crippen molar-refractivity contribution in [3.8, 4) is 0 Å². The molecule has 1 saturated heterocycles. The first-order valence-electron chi connectivity index (χ1n) is 4.24. The molecule has 0 bridgehead atoms. The van der Waals surface area contributed by atoms with Crippen LogP contribution in [0.15, 0.2) is 0 Å². The van der Waals surface area contributed by atoms with Crippen molar-refractivity contribution in [3.05, 3.63) is 0 Å². The lowest BCUT2D eigenvalue weighted by atomic mass is 10.2. The average Bonchev–Trinajstić information content (AvgIpc) is 2.06. The fourth-order valence-corrected chi connectivity index (χ4v) is 1.14. The molecule has 0 aromatic rings. The molecular formula is C8H16O3. The molecule has 2 atom stereocenters. The second-order valence-corrected chi connectivity index (χ2v) is 2.84. The van der Waals surface area contributed by atoms with Crippen LogP contribution >= 0.6 is 0 Å². The topological polar surface area (TPSA) is 38.7 Å². The van der Waals surface area contributed by atoms with Gasteiger partial charge in [-0.2, -0.15) is 0 Å². The third kappa shape index (κ3) is 3.18. The molecule has 0 aromatic carbocycles. The summed E-state index contributed by atoms with van der Waals surface area (Å²) in [6.07, 6.45) is 2.20. The lowest BCUT2D eigenvalue weighted by Crippen LogP contribution is -2.29. The molecule has 0 saturated carbocycles. The van der Waals surface area contributed by atoms with Crippen molar-refractivity contribution in [3.63, 3.8) is 0 Å². The summed E-state index contributed by atoms with van der Waals surface area (Å²) < 4.78 is 10.5. The van der Waals surface area contributed by atoms with Gasteiger partial charge in [0.15, 0.2) is 6.29 Å². The van der Waals surface area contributed by atoms with E-state index in [1.54, 1.807) is 0 Å². The van der Waals surface area contributed by atoms with Gasteiger partial charge in [-0.25, -0.2) is 0 Å². The Kier molecular flexibility index (Phi) is 3.83. The summed E-state index contributed by atoms with van der Waals surface area (Å²) in [5.41, 5.74) is 0. The molecule has 11 heavy (non-hydrogen) atoms. The largest absolute Gasteiger partial charge is 0.379 e. The van der Waals surface area contributed by atoms with Gasteiger partial charge in [-0.3, -0.25) is 0 Å². The lowest BCUT2D eigenvalue weighted by Gasteiger charge is -2.24. The summed E-state index contributed by atoms with van der Waals surface area (Å²) in [6, 6.07) is 0. The third-order valence-electron chi connectivity index (χ3n) is 1.82. The minimum Gasteiger partial charge on any atom is -0.379 e. The molecular weight excluding hydrogens is 144 g/mol. The first-order valence-corrected chi connectivity index (χ1v) is 4.24. The molecule has 1 aliphatic heterocycles. The van der Waals surface area contributed by atoms with Crippen LogP contribution in [0.3, 0.4) is 0 Å². The molecule has 0 radical (unpaired) electrons. The highest BCUT2D eigenvalue weighted by molar-refractivity contribution is 4.62. The Balaban J connectivity index is 2.13.